The molecule has 1 saturated heterocycles. The Bertz CT molecular complexity index is 337. The molecule has 5 heteroatoms. The fourth-order valence-corrected chi connectivity index (χ4v) is 2.24. The maximum absolute atomic E-state index is 11.2. The van der Waals surface area contributed by atoms with Crippen LogP contribution in [0.2, 0.25) is 0 Å². The Morgan fingerprint density at radius 2 is 2.57 bits per heavy atom. The Hall–Kier alpha value is -1.10. The summed E-state index contributed by atoms with van der Waals surface area (Å²) in [5.74, 6) is 0. The highest BCUT2D eigenvalue weighted by Gasteiger charge is 2.18. The number of hydrogen-bond acceptors (Lipinski definition) is 3. The van der Waals surface area contributed by atoms with E-state index in [1.165, 1.54) is 0 Å². The summed E-state index contributed by atoms with van der Waals surface area (Å²) < 4.78 is 0. The van der Waals surface area contributed by atoms with Gasteiger partial charge in [-0.25, -0.2) is 9.78 Å². The third-order valence-corrected chi connectivity index (χ3v) is 3.23. The lowest BCUT2D eigenvalue weighted by Gasteiger charge is -2.12. The van der Waals surface area contributed by atoms with Crippen LogP contribution >= 0.6 is 11.3 Å². The van der Waals surface area contributed by atoms with Gasteiger partial charge in [0.05, 0.1) is 5.01 Å². The molecule has 1 aromatic heterocycles. The first-order valence-electron chi connectivity index (χ1n) is 4.69. The highest BCUT2D eigenvalue weighted by atomic mass is 32.1. The monoisotopic (exact) mass is 211 g/mol. The van der Waals surface area contributed by atoms with E-state index >= 15 is 0 Å². The SMILES string of the molecule is Cc1csc(CCN2CCNC2=O)n1. The fraction of sp³-hybridized carbons (Fsp3) is 0.556. The average Bonchev–Trinajstić information content (AvgIpc) is 2.72. The van der Waals surface area contributed by atoms with E-state index in [4.69, 9.17) is 0 Å². The van der Waals surface area contributed by atoms with Crippen LogP contribution in [-0.2, 0) is 6.42 Å². The average molecular weight is 211 g/mol. The van der Waals surface area contributed by atoms with Gasteiger partial charge in [-0.05, 0) is 6.92 Å². The summed E-state index contributed by atoms with van der Waals surface area (Å²) >= 11 is 1.66. The third-order valence-electron chi connectivity index (χ3n) is 2.21. The van der Waals surface area contributed by atoms with E-state index in [2.05, 4.69) is 10.3 Å². The van der Waals surface area contributed by atoms with Crippen LogP contribution in [0.5, 0.6) is 0 Å². The van der Waals surface area contributed by atoms with E-state index in [0.717, 1.165) is 36.8 Å². The van der Waals surface area contributed by atoms with Gasteiger partial charge in [0.2, 0.25) is 0 Å². The van der Waals surface area contributed by atoms with Crippen LogP contribution in [0.15, 0.2) is 5.38 Å². The number of nitrogens with zero attached hydrogens (tertiary/aromatic N) is 2. The van der Waals surface area contributed by atoms with Crippen molar-refractivity contribution in [2.45, 2.75) is 13.3 Å². The van der Waals surface area contributed by atoms with Gasteiger partial charge in [0.1, 0.15) is 0 Å². The molecule has 0 aliphatic carbocycles. The van der Waals surface area contributed by atoms with Crippen molar-refractivity contribution in [3.05, 3.63) is 16.1 Å². The van der Waals surface area contributed by atoms with Gasteiger partial charge in [-0.3, -0.25) is 0 Å². The molecule has 2 heterocycles. The van der Waals surface area contributed by atoms with Crippen molar-refractivity contribution < 1.29 is 4.79 Å². The highest BCUT2D eigenvalue weighted by Crippen LogP contribution is 2.10. The molecule has 2 amide bonds. The van der Waals surface area contributed by atoms with Crippen molar-refractivity contribution in [2.75, 3.05) is 19.6 Å². The first kappa shape index (κ1) is 9.45. The Labute approximate surface area is 86.9 Å². The van der Waals surface area contributed by atoms with E-state index in [9.17, 15) is 4.79 Å². The number of aryl methyl sites for hydroxylation is 1. The predicted molar refractivity (Wildman–Crippen MR) is 55.5 cm³/mol. The van der Waals surface area contributed by atoms with E-state index in [1.807, 2.05) is 17.2 Å². The van der Waals surface area contributed by atoms with Crippen molar-refractivity contribution in [3.63, 3.8) is 0 Å². The summed E-state index contributed by atoms with van der Waals surface area (Å²) in [7, 11) is 0. The molecule has 0 radical (unpaired) electrons. The molecule has 14 heavy (non-hydrogen) atoms. The summed E-state index contributed by atoms with van der Waals surface area (Å²) in [6.07, 6.45) is 0.867. The van der Waals surface area contributed by atoms with Crippen LogP contribution in [0.25, 0.3) is 0 Å². The molecule has 1 N–H and O–H groups in total. The lowest BCUT2D eigenvalue weighted by atomic mass is 10.4. The molecule has 0 saturated carbocycles. The van der Waals surface area contributed by atoms with Gasteiger partial charge in [0, 0.05) is 37.1 Å². The van der Waals surface area contributed by atoms with Crippen molar-refractivity contribution in [1.82, 2.24) is 15.2 Å². The first-order chi connectivity index (χ1) is 6.75. The number of nitrogens with one attached hydrogen (secondary N) is 1. The molecule has 1 aliphatic rings. The first-order valence-corrected chi connectivity index (χ1v) is 5.57. The second kappa shape index (κ2) is 3.96. The predicted octanol–water partition coefficient (Wildman–Crippen LogP) is 1.02. The number of aromatic nitrogens is 1. The lowest BCUT2D eigenvalue weighted by molar-refractivity contribution is 0.218. The molecule has 4 nitrogen and oxygen atoms in total. The molecule has 0 aromatic carbocycles. The van der Waals surface area contributed by atoms with Crippen molar-refractivity contribution in [2.24, 2.45) is 0 Å². The quantitative estimate of drug-likeness (QED) is 0.811. The molecule has 1 aromatic rings. The minimum atomic E-state index is 0.0540. The second-order valence-electron chi connectivity index (χ2n) is 3.35. The zero-order valence-corrected chi connectivity index (χ0v) is 8.93. The maximum atomic E-state index is 11.2. The summed E-state index contributed by atoms with van der Waals surface area (Å²) in [6.45, 7) is 4.36. The van der Waals surface area contributed by atoms with E-state index < -0.39 is 0 Å². The van der Waals surface area contributed by atoms with Crippen LogP contribution in [-0.4, -0.2) is 35.5 Å². The van der Waals surface area contributed by atoms with E-state index in [0.29, 0.717) is 0 Å². The van der Waals surface area contributed by atoms with Gasteiger partial charge in [-0.15, -0.1) is 11.3 Å². The molecule has 1 aliphatic heterocycles. The number of urea groups is 1. The molecule has 0 atom stereocenters. The van der Waals surface area contributed by atoms with Gasteiger partial charge in [0.15, 0.2) is 0 Å². The Balaban J connectivity index is 1.85. The topological polar surface area (TPSA) is 45.2 Å². The van der Waals surface area contributed by atoms with Crippen LogP contribution in [0.3, 0.4) is 0 Å². The summed E-state index contributed by atoms with van der Waals surface area (Å²) in [4.78, 5) is 17.4. The highest BCUT2D eigenvalue weighted by molar-refractivity contribution is 7.09. The third kappa shape index (κ3) is 2.04. The summed E-state index contributed by atoms with van der Waals surface area (Å²) in [5, 5.41) is 5.94. The fourth-order valence-electron chi connectivity index (χ4n) is 1.47. The number of hydrogen-bond donors (Lipinski definition) is 1. The minimum Gasteiger partial charge on any atom is -0.336 e. The molecule has 0 unspecified atom stereocenters. The van der Waals surface area contributed by atoms with Crippen molar-refractivity contribution >= 4 is 17.4 Å². The zero-order chi connectivity index (χ0) is 9.97. The molecule has 0 bridgehead atoms. The molecule has 0 spiro atoms. The molecule has 1 fully saturated rings. The minimum absolute atomic E-state index is 0.0540. The van der Waals surface area contributed by atoms with Gasteiger partial charge < -0.3 is 10.2 Å². The zero-order valence-electron chi connectivity index (χ0n) is 8.12. The Kier molecular flexibility index (Phi) is 2.67. The van der Waals surface area contributed by atoms with Gasteiger partial charge >= 0.3 is 6.03 Å². The number of rotatable bonds is 3. The van der Waals surface area contributed by atoms with Crippen LogP contribution < -0.4 is 5.32 Å². The number of thiazole rings is 1. The van der Waals surface area contributed by atoms with Crippen LogP contribution in [0.1, 0.15) is 10.7 Å². The van der Waals surface area contributed by atoms with E-state index in [1.54, 1.807) is 11.3 Å². The van der Waals surface area contributed by atoms with E-state index in [-0.39, 0.29) is 6.03 Å². The van der Waals surface area contributed by atoms with Crippen molar-refractivity contribution in [1.29, 1.82) is 0 Å². The van der Waals surface area contributed by atoms with Crippen LogP contribution in [0, 0.1) is 6.92 Å². The second-order valence-corrected chi connectivity index (χ2v) is 4.29. The van der Waals surface area contributed by atoms with Gasteiger partial charge in [0.25, 0.3) is 0 Å². The largest absolute Gasteiger partial charge is 0.336 e. The van der Waals surface area contributed by atoms with Crippen molar-refractivity contribution in [3.8, 4) is 0 Å². The molecular weight excluding hydrogens is 198 g/mol. The standard InChI is InChI=1S/C9H13N3OS/c1-7-6-14-8(11-7)2-4-12-5-3-10-9(12)13/h6H,2-5H2,1H3,(H,10,13). The smallest absolute Gasteiger partial charge is 0.317 e. The molecular formula is C9H13N3OS. The summed E-state index contributed by atoms with van der Waals surface area (Å²) in [5.41, 5.74) is 1.07. The summed E-state index contributed by atoms with van der Waals surface area (Å²) in [6, 6.07) is 0.0540. The molecule has 2 rings (SSSR count). The Morgan fingerprint density at radius 1 is 1.71 bits per heavy atom. The van der Waals surface area contributed by atoms with Gasteiger partial charge in [-0.2, -0.15) is 0 Å². The lowest BCUT2D eigenvalue weighted by Crippen LogP contribution is -2.29. The number of carbonyl (C=O) groups excluding carboxylic acids is 1. The Morgan fingerprint density at radius 3 is 3.14 bits per heavy atom. The normalized spacial score (nSPS) is 16.1. The molecule has 76 valence electrons. The van der Waals surface area contributed by atoms with Crippen LogP contribution in [0.4, 0.5) is 4.79 Å². The number of carbonyl (C=O) groups is 1. The maximum Gasteiger partial charge on any atom is 0.317 e. The van der Waals surface area contributed by atoms with Gasteiger partial charge in [-0.1, -0.05) is 0 Å². The number of amides is 2.